The van der Waals surface area contributed by atoms with Crippen molar-refractivity contribution in [3.63, 3.8) is 0 Å². The summed E-state index contributed by atoms with van der Waals surface area (Å²) in [4.78, 5) is 15.8. The number of morpholine rings is 1. The Labute approximate surface area is 153 Å². The zero-order chi connectivity index (χ0) is 18.4. The van der Waals surface area contributed by atoms with E-state index in [-0.39, 0.29) is 11.6 Å². The minimum absolute atomic E-state index is 0.120. The number of ether oxygens (including phenoxy) is 1. The molecule has 5 nitrogen and oxygen atoms in total. The Hall–Kier alpha value is -2.11. The number of para-hydroxylation sites is 1. The van der Waals surface area contributed by atoms with Gasteiger partial charge in [0.25, 0.3) is 5.56 Å². The van der Waals surface area contributed by atoms with Crippen LogP contribution in [0.2, 0.25) is 0 Å². The van der Waals surface area contributed by atoms with E-state index in [1.54, 1.807) is 0 Å². The summed E-state index contributed by atoms with van der Waals surface area (Å²) in [6.07, 6.45) is 0. The van der Waals surface area contributed by atoms with E-state index in [4.69, 9.17) is 4.74 Å². The zero-order valence-electron chi connectivity index (χ0n) is 16.1. The van der Waals surface area contributed by atoms with Crippen LogP contribution < -0.4 is 5.56 Å². The van der Waals surface area contributed by atoms with Gasteiger partial charge in [0.1, 0.15) is 0 Å². The number of pyridine rings is 1. The van der Waals surface area contributed by atoms with E-state index in [9.17, 15) is 4.79 Å². The molecular formula is C21H27N3O2. The Morgan fingerprint density at radius 1 is 1.12 bits per heavy atom. The van der Waals surface area contributed by atoms with Gasteiger partial charge in [-0.15, -0.1) is 0 Å². The van der Waals surface area contributed by atoms with Crippen LogP contribution in [0.15, 0.2) is 29.1 Å². The van der Waals surface area contributed by atoms with Crippen molar-refractivity contribution in [2.45, 2.75) is 40.4 Å². The molecule has 1 saturated heterocycles. The minimum Gasteiger partial charge on any atom is -0.379 e. The lowest BCUT2D eigenvalue weighted by molar-refractivity contribution is 0.0248. The molecule has 1 aromatic carbocycles. The fourth-order valence-electron chi connectivity index (χ4n) is 4.25. The van der Waals surface area contributed by atoms with Crippen LogP contribution in [0.5, 0.6) is 0 Å². The maximum atomic E-state index is 13.4. The summed E-state index contributed by atoms with van der Waals surface area (Å²) in [7, 11) is 0. The Bertz CT molecular complexity index is 1020. The van der Waals surface area contributed by atoms with Crippen molar-refractivity contribution in [3.8, 4) is 0 Å². The first kappa shape index (κ1) is 17.3. The van der Waals surface area contributed by atoms with Gasteiger partial charge in [-0.05, 0) is 39.3 Å². The Kier molecular flexibility index (Phi) is 4.37. The standard InChI is InChI=1S/C21H27N3O2/c1-14(2)24-16(4)15(3)20-19(21(24)25)17-7-5-6-8-18(17)23(20)13-22-9-11-26-12-10-22/h5-8,14H,9-13H2,1-4H3. The molecule has 2 aromatic heterocycles. The smallest absolute Gasteiger partial charge is 0.261 e. The van der Waals surface area contributed by atoms with E-state index in [1.807, 2.05) is 10.6 Å². The third kappa shape index (κ3) is 2.58. The van der Waals surface area contributed by atoms with Crippen LogP contribution in [0.1, 0.15) is 31.1 Å². The van der Waals surface area contributed by atoms with Gasteiger partial charge < -0.3 is 13.9 Å². The number of hydrogen-bond acceptors (Lipinski definition) is 3. The van der Waals surface area contributed by atoms with E-state index in [0.29, 0.717) is 0 Å². The average Bonchev–Trinajstić information content (AvgIpc) is 2.95. The molecule has 1 aliphatic heterocycles. The third-order valence-corrected chi connectivity index (χ3v) is 5.62. The summed E-state index contributed by atoms with van der Waals surface area (Å²) in [5.74, 6) is 0. The van der Waals surface area contributed by atoms with Crippen LogP contribution >= 0.6 is 0 Å². The van der Waals surface area contributed by atoms with Gasteiger partial charge in [0.15, 0.2) is 0 Å². The van der Waals surface area contributed by atoms with Gasteiger partial charge in [-0.25, -0.2) is 0 Å². The molecule has 0 spiro atoms. The number of aromatic nitrogens is 2. The van der Waals surface area contributed by atoms with Gasteiger partial charge in [0.2, 0.25) is 0 Å². The monoisotopic (exact) mass is 353 g/mol. The highest BCUT2D eigenvalue weighted by atomic mass is 16.5. The van der Waals surface area contributed by atoms with Gasteiger partial charge in [-0.1, -0.05) is 18.2 Å². The second-order valence-electron chi connectivity index (χ2n) is 7.52. The lowest BCUT2D eigenvalue weighted by Gasteiger charge is -2.28. The van der Waals surface area contributed by atoms with Gasteiger partial charge in [0, 0.05) is 30.2 Å². The molecule has 0 atom stereocenters. The number of hydrogen-bond donors (Lipinski definition) is 0. The molecular weight excluding hydrogens is 326 g/mol. The van der Waals surface area contributed by atoms with Crippen molar-refractivity contribution in [2.75, 3.05) is 26.3 Å². The molecule has 0 aliphatic carbocycles. The van der Waals surface area contributed by atoms with Gasteiger partial charge in [-0.2, -0.15) is 0 Å². The largest absolute Gasteiger partial charge is 0.379 e. The van der Waals surface area contributed by atoms with Crippen molar-refractivity contribution in [1.29, 1.82) is 0 Å². The topological polar surface area (TPSA) is 39.4 Å². The Morgan fingerprint density at radius 3 is 2.50 bits per heavy atom. The molecule has 26 heavy (non-hydrogen) atoms. The second-order valence-corrected chi connectivity index (χ2v) is 7.52. The first-order valence-electron chi connectivity index (χ1n) is 9.43. The molecule has 0 bridgehead atoms. The van der Waals surface area contributed by atoms with Crippen LogP contribution in [0.4, 0.5) is 0 Å². The highest BCUT2D eigenvalue weighted by Gasteiger charge is 2.22. The molecule has 0 amide bonds. The Balaban J connectivity index is 2.05. The summed E-state index contributed by atoms with van der Waals surface area (Å²) < 4.78 is 9.75. The molecule has 0 saturated carbocycles. The minimum atomic E-state index is 0.120. The summed E-state index contributed by atoms with van der Waals surface area (Å²) in [5, 5.41) is 1.91. The molecule has 3 heterocycles. The fraction of sp³-hybridized carbons (Fsp3) is 0.476. The highest BCUT2D eigenvalue weighted by Crippen LogP contribution is 2.31. The van der Waals surface area contributed by atoms with Crippen LogP contribution in [-0.2, 0) is 11.4 Å². The fourth-order valence-corrected chi connectivity index (χ4v) is 4.25. The Morgan fingerprint density at radius 2 is 1.81 bits per heavy atom. The van der Waals surface area contributed by atoms with E-state index in [1.165, 1.54) is 5.56 Å². The van der Waals surface area contributed by atoms with E-state index < -0.39 is 0 Å². The molecule has 0 N–H and O–H groups in total. The van der Waals surface area contributed by atoms with Gasteiger partial charge in [0.05, 0.1) is 36.3 Å². The number of nitrogens with zero attached hydrogens (tertiary/aromatic N) is 3. The zero-order valence-corrected chi connectivity index (χ0v) is 16.1. The maximum Gasteiger partial charge on any atom is 0.261 e. The van der Waals surface area contributed by atoms with E-state index in [2.05, 4.69) is 55.4 Å². The number of benzene rings is 1. The van der Waals surface area contributed by atoms with Crippen molar-refractivity contribution in [3.05, 3.63) is 45.9 Å². The second kappa shape index (κ2) is 6.56. The van der Waals surface area contributed by atoms with Crippen molar-refractivity contribution in [1.82, 2.24) is 14.0 Å². The van der Waals surface area contributed by atoms with Gasteiger partial charge in [-0.3, -0.25) is 9.69 Å². The maximum absolute atomic E-state index is 13.4. The SMILES string of the molecule is Cc1c(C)n(C(C)C)c(=O)c2c3ccccc3n(CN3CCOCC3)c12. The summed E-state index contributed by atoms with van der Waals surface area (Å²) in [6, 6.07) is 8.43. The number of fused-ring (bicyclic) bond motifs is 3. The normalized spacial score (nSPS) is 16.2. The van der Waals surface area contributed by atoms with Crippen molar-refractivity contribution in [2.24, 2.45) is 0 Å². The van der Waals surface area contributed by atoms with Crippen LogP contribution in [0.3, 0.4) is 0 Å². The molecule has 1 aliphatic rings. The molecule has 1 fully saturated rings. The highest BCUT2D eigenvalue weighted by molar-refractivity contribution is 6.08. The number of aryl methyl sites for hydroxylation is 1. The van der Waals surface area contributed by atoms with Crippen LogP contribution in [0.25, 0.3) is 21.8 Å². The first-order chi connectivity index (χ1) is 12.5. The quantitative estimate of drug-likeness (QED) is 0.724. The molecule has 0 radical (unpaired) electrons. The average molecular weight is 353 g/mol. The van der Waals surface area contributed by atoms with E-state index >= 15 is 0 Å². The van der Waals surface area contributed by atoms with Crippen LogP contribution in [0, 0.1) is 13.8 Å². The lowest BCUT2D eigenvalue weighted by atomic mass is 10.1. The molecule has 4 rings (SSSR count). The predicted molar refractivity (Wildman–Crippen MR) is 106 cm³/mol. The molecule has 0 unspecified atom stereocenters. The first-order valence-corrected chi connectivity index (χ1v) is 9.43. The molecule has 138 valence electrons. The summed E-state index contributed by atoms with van der Waals surface area (Å²) in [5.41, 5.74) is 4.59. The molecule has 5 heteroatoms. The van der Waals surface area contributed by atoms with Gasteiger partial charge >= 0.3 is 0 Å². The summed E-state index contributed by atoms with van der Waals surface area (Å²) in [6.45, 7) is 12.5. The lowest BCUT2D eigenvalue weighted by Crippen LogP contribution is -2.37. The summed E-state index contributed by atoms with van der Waals surface area (Å²) >= 11 is 0. The molecule has 3 aromatic rings. The predicted octanol–water partition coefficient (Wildman–Crippen LogP) is 3.44. The van der Waals surface area contributed by atoms with Crippen molar-refractivity contribution < 1.29 is 4.74 Å². The third-order valence-electron chi connectivity index (χ3n) is 5.62. The van der Waals surface area contributed by atoms with Crippen LogP contribution in [-0.4, -0.2) is 40.3 Å². The van der Waals surface area contributed by atoms with Crippen molar-refractivity contribution >= 4 is 21.8 Å². The van der Waals surface area contributed by atoms with E-state index in [0.717, 1.165) is 60.5 Å². The number of rotatable bonds is 3.